The van der Waals surface area contributed by atoms with E-state index in [-0.39, 0.29) is 12.5 Å². The molecule has 98 valence electrons. The normalized spacial score (nSPS) is 18.7. The average molecular weight is 248 g/mol. The van der Waals surface area contributed by atoms with E-state index in [4.69, 9.17) is 0 Å². The van der Waals surface area contributed by atoms with E-state index in [9.17, 15) is 9.90 Å². The van der Waals surface area contributed by atoms with Gasteiger partial charge in [0.2, 0.25) is 5.91 Å². The van der Waals surface area contributed by atoms with Gasteiger partial charge in [-0.1, -0.05) is 6.07 Å². The first kappa shape index (κ1) is 12.9. The zero-order valence-electron chi connectivity index (χ0n) is 11.2. The number of aliphatic hydroxyl groups is 1. The first-order valence-electron chi connectivity index (χ1n) is 6.23. The maximum atomic E-state index is 11.9. The van der Waals surface area contributed by atoms with E-state index in [1.165, 1.54) is 0 Å². The van der Waals surface area contributed by atoms with Gasteiger partial charge in [-0.2, -0.15) is 0 Å². The zero-order valence-corrected chi connectivity index (χ0v) is 11.2. The van der Waals surface area contributed by atoms with E-state index in [0.29, 0.717) is 6.54 Å². The van der Waals surface area contributed by atoms with E-state index in [0.717, 1.165) is 23.4 Å². The van der Waals surface area contributed by atoms with Crippen LogP contribution in [0.2, 0.25) is 0 Å². The molecule has 0 atom stereocenters. The van der Waals surface area contributed by atoms with Gasteiger partial charge in [0.15, 0.2) is 0 Å². The minimum Gasteiger partial charge on any atom is -0.392 e. The quantitative estimate of drug-likeness (QED) is 0.827. The molecule has 0 unspecified atom stereocenters. The van der Waals surface area contributed by atoms with E-state index >= 15 is 0 Å². The molecule has 2 rings (SSSR count). The molecule has 1 amide bonds. The highest BCUT2D eigenvalue weighted by atomic mass is 16.3. The van der Waals surface area contributed by atoms with Crippen molar-refractivity contribution in [3.05, 3.63) is 29.3 Å². The maximum absolute atomic E-state index is 11.9. The number of benzene rings is 1. The van der Waals surface area contributed by atoms with Gasteiger partial charge < -0.3 is 15.3 Å². The SMILES string of the molecule is Cc1cc(N2CCNC(=O)C2(C)C)ccc1CO. The molecule has 0 bridgehead atoms. The Bertz CT molecular complexity index is 469. The zero-order chi connectivity index (χ0) is 13.3. The number of aliphatic hydroxyl groups excluding tert-OH is 1. The predicted octanol–water partition coefficient (Wildman–Crippen LogP) is 1.20. The number of hydrogen-bond acceptors (Lipinski definition) is 3. The third-order valence-corrected chi connectivity index (χ3v) is 3.66. The summed E-state index contributed by atoms with van der Waals surface area (Å²) in [4.78, 5) is 14.0. The van der Waals surface area contributed by atoms with Crippen LogP contribution in [0, 0.1) is 6.92 Å². The smallest absolute Gasteiger partial charge is 0.245 e. The minimum absolute atomic E-state index is 0.0516. The second kappa shape index (κ2) is 4.61. The van der Waals surface area contributed by atoms with Crippen molar-refractivity contribution in [1.82, 2.24) is 5.32 Å². The van der Waals surface area contributed by atoms with Crippen molar-refractivity contribution in [2.75, 3.05) is 18.0 Å². The Morgan fingerprint density at radius 1 is 1.44 bits per heavy atom. The molecule has 1 saturated heterocycles. The summed E-state index contributed by atoms with van der Waals surface area (Å²) in [6.07, 6.45) is 0. The molecule has 4 heteroatoms. The molecule has 1 heterocycles. The lowest BCUT2D eigenvalue weighted by molar-refractivity contribution is -0.126. The van der Waals surface area contributed by atoms with Crippen LogP contribution in [0.15, 0.2) is 18.2 Å². The van der Waals surface area contributed by atoms with Crippen LogP contribution in [-0.4, -0.2) is 29.6 Å². The minimum atomic E-state index is -0.536. The number of piperazine rings is 1. The number of nitrogens with zero attached hydrogens (tertiary/aromatic N) is 1. The van der Waals surface area contributed by atoms with Crippen molar-refractivity contribution < 1.29 is 9.90 Å². The predicted molar refractivity (Wildman–Crippen MR) is 71.5 cm³/mol. The van der Waals surface area contributed by atoms with Crippen LogP contribution in [0.25, 0.3) is 0 Å². The van der Waals surface area contributed by atoms with Crippen molar-refractivity contribution in [3.63, 3.8) is 0 Å². The Morgan fingerprint density at radius 2 is 2.17 bits per heavy atom. The van der Waals surface area contributed by atoms with Gasteiger partial charge in [-0.3, -0.25) is 4.79 Å². The summed E-state index contributed by atoms with van der Waals surface area (Å²) in [6, 6.07) is 5.93. The molecular weight excluding hydrogens is 228 g/mol. The number of anilines is 1. The topological polar surface area (TPSA) is 52.6 Å². The lowest BCUT2D eigenvalue weighted by atomic mass is 9.97. The van der Waals surface area contributed by atoms with Crippen molar-refractivity contribution in [1.29, 1.82) is 0 Å². The van der Waals surface area contributed by atoms with Gasteiger partial charge in [0.1, 0.15) is 5.54 Å². The molecule has 0 saturated carbocycles. The van der Waals surface area contributed by atoms with Crippen LogP contribution in [0.3, 0.4) is 0 Å². The van der Waals surface area contributed by atoms with Crippen LogP contribution in [0.5, 0.6) is 0 Å². The monoisotopic (exact) mass is 248 g/mol. The van der Waals surface area contributed by atoms with Gasteiger partial charge in [-0.15, -0.1) is 0 Å². The van der Waals surface area contributed by atoms with Crippen molar-refractivity contribution in [2.24, 2.45) is 0 Å². The Hall–Kier alpha value is -1.55. The van der Waals surface area contributed by atoms with Crippen molar-refractivity contribution in [3.8, 4) is 0 Å². The maximum Gasteiger partial charge on any atom is 0.245 e. The summed E-state index contributed by atoms with van der Waals surface area (Å²) in [7, 11) is 0. The van der Waals surface area contributed by atoms with Gasteiger partial charge in [-0.05, 0) is 44.0 Å². The van der Waals surface area contributed by atoms with Crippen molar-refractivity contribution in [2.45, 2.75) is 32.9 Å². The molecule has 2 N–H and O–H groups in total. The molecular formula is C14H20N2O2. The first-order chi connectivity index (χ1) is 8.46. The van der Waals surface area contributed by atoms with E-state index in [2.05, 4.69) is 10.2 Å². The number of carbonyl (C=O) groups excluding carboxylic acids is 1. The fourth-order valence-electron chi connectivity index (χ4n) is 2.38. The van der Waals surface area contributed by atoms with Gasteiger partial charge in [0.05, 0.1) is 6.61 Å². The van der Waals surface area contributed by atoms with Crippen LogP contribution in [-0.2, 0) is 11.4 Å². The second-order valence-corrected chi connectivity index (χ2v) is 5.24. The number of rotatable bonds is 2. The van der Waals surface area contributed by atoms with Crippen LogP contribution >= 0.6 is 0 Å². The summed E-state index contributed by atoms with van der Waals surface area (Å²) in [5.74, 6) is 0.0534. The largest absolute Gasteiger partial charge is 0.392 e. The summed E-state index contributed by atoms with van der Waals surface area (Å²) in [5.41, 5.74) is 2.48. The molecule has 0 aromatic heterocycles. The van der Waals surface area contributed by atoms with E-state index < -0.39 is 5.54 Å². The summed E-state index contributed by atoms with van der Waals surface area (Å²) >= 11 is 0. The van der Waals surface area contributed by atoms with Crippen LogP contribution < -0.4 is 10.2 Å². The fraction of sp³-hybridized carbons (Fsp3) is 0.500. The first-order valence-corrected chi connectivity index (χ1v) is 6.23. The molecule has 1 fully saturated rings. The highest BCUT2D eigenvalue weighted by molar-refractivity contribution is 5.90. The molecule has 1 aliphatic rings. The van der Waals surface area contributed by atoms with Crippen molar-refractivity contribution >= 4 is 11.6 Å². The van der Waals surface area contributed by atoms with E-state index in [1.54, 1.807) is 0 Å². The third kappa shape index (κ3) is 2.08. The summed E-state index contributed by atoms with van der Waals surface area (Å²) < 4.78 is 0. The number of carbonyl (C=O) groups is 1. The Balaban J connectivity index is 2.36. The Labute approximate surface area is 108 Å². The molecule has 0 spiro atoms. The molecule has 0 aliphatic carbocycles. The number of hydrogen-bond donors (Lipinski definition) is 2. The van der Waals surface area contributed by atoms with Crippen LogP contribution in [0.1, 0.15) is 25.0 Å². The van der Waals surface area contributed by atoms with E-state index in [1.807, 2.05) is 39.0 Å². The van der Waals surface area contributed by atoms with Gasteiger partial charge >= 0.3 is 0 Å². The molecule has 0 radical (unpaired) electrons. The lowest BCUT2D eigenvalue weighted by Crippen LogP contribution is -2.62. The second-order valence-electron chi connectivity index (χ2n) is 5.24. The average Bonchev–Trinajstić information content (AvgIpc) is 2.32. The number of nitrogens with one attached hydrogen (secondary N) is 1. The standard InChI is InChI=1S/C14H20N2O2/c1-10-8-12(5-4-11(10)9-17)16-7-6-15-13(18)14(16,2)3/h4-5,8,17H,6-7,9H2,1-3H3,(H,15,18). The highest BCUT2D eigenvalue weighted by Crippen LogP contribution is 2.27. The molecule has 1 aromatic rings. The van der Waals surface area contributed by atoms with Gasteiger partial charge in [0.25, 0.3) is 0 Å². The molecule has 1 aromatic carbocycles. The van der Waals surface area contributed by atoms with Crippen LogP contribution in [0.4, 0.5) is 5.69 Å². The summed E-state index contributed by atoms with van der Waals surface area (Å²) in [5, 5.41) is 12.1. The number of aryl methyl sites for hydroxylation is 1. The molecule has 18 heavy (non-hydrogen) atoms. The van der Waals surface area contributed by atoms with Gasteiger partial charge in [0, 0.05) is 18.8 Å². The lowest BCUT2D eigenvalue weighted by Gasteiger charge is -2.43. The molecule has 1 aliphatic heterocycles. The fourth-order valence-corrected chi connectivity index (χ4v) is 2.38. The number of amides is 1. The highest BCUT2D eigenvalue weighted by Gasteiger charge is 2.37. The molecule has 4 nitrogen and oxygen atoms in total. The third-order valence-electron chi connectivity index (χ3n) is 3.66. The summed E-state index contributed by atoms with van der Waals surface area (Å²) in [6.45, 7) is 7.36. The Kier molecular flexibility index (Phi) is 3.30. The Morgan fingerprint density at radius 3 is 2.78 bits per heavy atom. The van der Waals surface area contributed by atoms with Gasteiger partial charge in [-0.25, -0.2) is 0 Å².